The maximum atomic E-state index is 14.4. The van der Waals surface area contributed by atoms with Gasteiger partial charge in [-0.15, -0.1) is 5.06 Å². The Morgan fingerprint density at radius 3 is 2.14 bits per heavy atom. The molecule has 0 saturated heterocycles. The highest BCUT2D eigenvalue weighted by molar-refractivity contribution is 8.04. The van der Waals surface area contributed by atoms with Gasteiger partial charge in [-0.1, -0.05) is 71.5 Å². The molecule has 18 nitrogen and oxygen atoms in total. The predicted octanol–water partition coefficient (Wildman–Crippen LogP) is 6.40. The number of carbonyl (C=O) groups is 3. The molecule has 0 radical (unpaired) electrons. The number of nitriles is 2. The molecule has 0 bridgehead atoms. The average molecular weight is 804 g/mol. The molecule has 1 unspecified atom stereocenters. The molecule has 0 N–H and O–H groups in total. The molecule has 4 aliphatic heterocycles. The van der Waals surface area contributed by atoms with E-state index in [1.165, 1.54) is 64.4 Å². The molecule has 4 aromatic carbocycles. The second kappa shape index (κ2) is 14.0. The first-order valence-electron chi connectivity index (χ1n) is 17.5. The zero-order valence-electron chi connectivity index (χ0n) is 29.8. The Labute approximate surface area is 335 Å². The van der Waals surface area contributed by atoms with Gasteiger partial charge < -0.3 is 9.42 Å². The molecule has 0 spiro atoms. The number of thioether (sulfide) groups is 1. The third-order valence-electron chi connectivity index (χ3n) is 9.89. The second-order valence-corrected chi connectivity index (χ2v) is 14.1. The summed E-state index contributed by atoms with van der Waals surface area (Å²) >= 11 is 1.02. The number of nitro groups is 2. The van der Waals surface area contributed by atoms with Crippen molar-refractivity contribution in [2.45, 2.75) is 10.8 Å². The monoisotopic (exact) mass is 803 g/mol. The highest BCUT2D eigenvalue weighted by atomic mass is 32.2. The van der Waals surface area contributed by atoms with E-state index in [4.69, 9.17) is 14.4 Å². The van der Waals surface area contributed by atoms with Crippen LogP contribution in [0.4, 0.5) is 22.9 Å². The van der Waals surface area contributed by atoms with Crippen LogP contribution in [-0.2, 0) is 9.63 Å². The fourth-order valence-corrected chi connectivity index (χ4v) is 8.47. The molecule has 5 aromatic rings. The van der Waals surface area contributed by atoms with Crippen molar-refractivity contribution >= 4 is 58.1 Å². The Morgan fingerprint density at radius 1 is 0.814 bits per heavy atom. The summed E-state index contributed by atoms with van der Waals surface area (Å²) in [5.41, 5.74) is 0.906. The van der Waals surface area contributed by atoms with Crippen molar-refractivity contribution in [1.82, 2.24) is 10.2 Å². The molecule has 19 heteroatoms. The van der Waals surface area contributed by atoms with Crippen LogP contribution < -0.4 is 9.80 Å². The smallest absolute Gasteiger partial charge is 0.285 e. The Hall–Kier alpha value is -8.26. The number of aromatic nitrogens is 1. The van der Waals surface area contributed by atoms with Gasteiger partial charge in [-0.2, -0.15) is 10.5 Å². The molecular formula is C40H21N9O9S. The van der Waals surface area contributed by atoms with E-state index in [0.717, 1.165) is 11.8 Å². The van der Waals surface area contributed by atoms with Crippen LogP contribution in [0.15, 0.2) is 133 Å². The zero-order chi connectivity index (χ0) is 41.1. The number of para-hydroxylation sites is 1. The molecule has 5 heterocycles. The van der Waals surface area contributed by atoms with Crippen LogP contribution in [0.3, 0.4) is 0 Å². The summed E-state index contributed by atoms with van der Waals surface area (Å²) in [7, 11) is 0. The summed E-state index contributed by atoms with van der Waals surface area (Å²) in [5, 5.41) is 50.2. The standard InChI is InChI=1S/C40H21N9O9S/c41-19-28-31(21-7-5-9-23(17-21)48(53)54)29(20-42)40-46(36-34(59-40)33(58-44-36)22-8-6-10-24(18-22)49(55)56)35(28)43-32-27-13-3-4-14-30(27)45(39(32)52)15-16-57-47-37(50)25-11-1-2-12-26(25)38(47)51/h1-14,17-18,31H,15-16H2/b43-32-. The van der Waals surface area contributed by atoms with E-state index in [2.05, 4.69) is 17.3 Å². The Morgan fingerprint density at radius 2 is 1.46 bits per heavy atom. The fraction of sp³-hybridized carbons (Fsp3) is 0.0750. The van der Waals surface area contributed by atoms with Gasteiger partial charge in [0.2, 0.25) is 0 Å². The summed E-state index contributed by atoms with van der Waals surface area (Å²) in [5.74, 6) is -3.04. The first-order chi connectivity index (χ1) is 28.6. The summed E-state index contributed by atoms with van der Waals surface area (Å²) in [6, 6.07) is 28.4. The number of imide groups is 1. The first-order valence-corrected chi connectivity index (χ1v) is 18.3. The van der Waals surface area contributed by atoms with Crippen molar-refractivity contribution in [2.24, 2.45) is 4.99 Å². The van der Waals surface area contributed by atoms with Crippen LogP contribution in [-0.4, -0.2) is 56.7 Å². The molecule has 1 aromatic heterocycles. The Balaban J connectivity index is 1.15. The van der Waals surface area contributed by atoms with E-state index in [-0.39, 0.29) is 80.5 Å². The van der Waals surface area contributed by atoms with Crippen LogP contribution in [0, 0.1) is 42.9 Å². The van der Waals surface area contributed by atoms with E-state index in [9.17, 15) is 45.1 Å². The van der Waals surface area contributed by atoms with E-state index in [0.29, 0.717) is 26.8 Å². The van der Waals surface area contributed by atoms with Crippen LogP contribution in [0.2, 0.25) is 0 Å². The summed E-state index contributed by atoms with van der Waals surface area (Å²) in [4.78, 5) is 76.1. The number of non-ortho nitro benzene ring substituents is 2. The van der Waals surface area contributed by atoms with E-state index >= 15 is 0 Å². The number of aliphatic imine (C=N–C) groups is 1. The minimum absolute atomic E-state index is 0.0177. The van der Waals surface area contributed by atoms with Crippen molar-refractivity contribution < 1.29 is 33.6 Å². The summed E-state index contributed by atoms with van der Waals surface area (Å²) in [6.45, 7) is -0.407. The summed E-state index contributed by atoms with van der Waals surface area (Å²) in [6.07, 6.45) is 0. The Kier molecular flexibility index (Phi) is 8.66. The van der Waals surface area contributed by atoms with Crippen molar-refractivity contribution in [2.75, 3.05) is 23.0 Å². The maximum Gasteiger partial charge on any atom is 0.285 e. The van der Waals surface area contributed by atoms with Crippen LogP contribution in [0.1, 0.15) is 37.8 Å². The van der Waals surface area contributed by atoms with Gasteiger partial charge in [0.25, 0.3) is 29.1 Å². The van der Waals surface area contributed by atoms with Crippen LogP contribution >= 0.6 is 11.8 Å². The molecule has 3 amide bonds. The molecule has 9 rings (SSSR count). The van der Waals surface area contributed by atoms with Crippen LogP contribution in [0.5, 0.6) is 0 Å². The predicted molar refractivity (Wildman–Crippen MR) is 206 cm³/mol. The van der Waals surface area contributed by atoms with Gasteiger partial charge in [0.1, 0.15) is 15.6 Å². The molecule has 4 aliphatic rings. The van der Waals surface area contributed by atoms with E-state index < -0.39 is 33.5 Å². The number of nitrogens with zero attached hydrogens (tertiary/aromatic N) is 9. The number of carbonyl (C=O) groups excluding carboxylic acids is 3. The number of fused-ring (bicyclic) bond motifs is 5. The number of rotatable bonds is 9. The van der Waals surface area contributed by atoms with Crippen molar-refractivity contribution in [3.8, 4) is 23.5 Å². The van der Waals surface area contributed by atoms with Gasteiger partial charge in [0.05, 0.1) is 69.0 Å². The van der Waals surface area contributed by atoms with Gasteiger partial charge in [-0.05, 0) is 23.8 Å². The molecule has 59 heavy (non-hydrogen) atoms. The molecule has 0 saturated carbocycles. The van der Waals surface area contributed by atoms with Crippen molar-refractivity contribution in [3.05, 3.63) is 162 Å². The van der Waals surface area contributed by atoms with Gasteiger partial charge in [-0.25, -0.2) is 4.99 Å². The SMILES string of the molecule is N#CC1=C(/N=C2\C(=O)N(CCON3C(=O)c4ccccc4C3=O)c3ccccc32)N2C(=C(C#N)C1c1cccc([N+](=O)[O-])c1)Sc1c2noc1-c1cccc([N+](=O)[O-])c1. The number of hydrogen-bond donors (Lipinski definition) is 0. The maximum absolute atomic E-state index is 14.4. The molecular weight excluding hydrogens is 783 g/mol. The van der Waals surface area contributed by atoms with Crippen molar-refractivity contribution in [1.29, 1.82) is 10.5 Å². The van der Waals surface area contributed by atoms with Crippen molar-refractivity contribution in [3.63, 3.8) is 0 Å². The van der Waals surface area contributed by atoms with Gasteiger partial charge >= 0.3 is 0 Å². The lowest BCUT2D eigenvalue weighted by Gasteiger charge is -2.30. The number of hydroxylamine groups is 2. The van der Waals surface area contributed by atoms with E-state index in [1.807, 2.05) is 0 Å². The first kappa shape index (κ1) is 36.4. The molecule has 0 aliphatic carbocycles. The van der Waals surface area contributed by atoms with Crippen LogP contribution in [0.25, 0.3) is 11.3 Å². The second-order valence-electron chi connectivity index (χ2n) is 13.1. The minimum atomic E-state index is -1.19. The quantitative estimate of drug-likeness (QED) is 0.0889. The number of anilines is 2. The average Bonchev–Trinajstić information content (AvgIpc) is 3.97. The normalized spacial score (nSPS) is 17.3. The highest BCUT2D eigenvalue weighted by Crippen LogP contribution is 2.58. The lowest BCUT2D eigenvalue weighted by molar-refractivity contribution is -0.385. The minimum Gasteiger partial charge on any atom is -0.353 e. The van der Waals surface area contributed by atoms with E-state index in [1.54, 1.807) is 42.5 Å². The molecule has 286 valence electrons. The number of hydrogen-bond acceptors (Lipinski definition) is 15. The number of benzene rings is 4. The largest absolute Gasteiger partial charge is 0.353 e. The highest BCUT2D eigenvalue weighted by Gasteiger charge is 2.47. The summed E-state index contributed by atoms with van der Waals surface area (Å²) < 4.78 is 5.72. The zero-order valence-corrected chi connectivity index (χ0v) is 30.7. The number of allylic oxidation sites excluding steroid dienone is 2. The molecule has 1 atom stereocenters. The third-order valence-corrected chi connectivity index (χ3v) is 11.1. The topological polar surface area (TPSA) is 242 Å². The fourth-order valence-electron chi connectivity index (χ4n) is 7.27. The lowest BCUT2D eigenvalue weighted by atomic mass is 9.83. The van der Waals surface area contributed by atoms with Gasteiger partial charge in [0, 0.05) is 35.4 Å². The molecule has 0 fully saturated rings. The lowest BCUT2D eigenvalue weighted by Crippen LogP contribution is -2.37. The Bertz CT molecular complexity index is 2910. The third kappa shape index (κ3) is 5.72. The van der Waals surface area contributed by atoms with Gasteiger partial charge in [-0.3, -0.25) is 44.3 Å². The number of amides is 3. The van der Waals surface area contributed by atoms with Gasteiger partial charge in [0.15, 0.2) is 17.4 Å². The number of nitro benzene ring substituents is 2.